The predicted molar refractivity (Wildman–Crippen MR) is 22.5 cm³/mol. The molecule has 0 aromatic heterocycles. The number of hydrogen-bond donors (Lipinski definition) is 3. The summed E-state index contributed by atoms with van der Waals surface area (Å²) in [6, 6.07) is 0. The Morgan fingerprint density at radius 2 is 2.00 bits per heavy atom. The van der Waals surface area contributed by atoms with Crippen molar-refractivity contribution in [1.29, 1.82) is 0 Å². The van der Waals surface area contributed by atoms with Crippen molar-refractivity contribution in [3.8, 4) is 0 Å². The molecule has 0 spiro atoms. The molecule has 0 aliphatic heterocycles. The van der Waals surface area contributed by atoms with E-state index in [2.05, 4.69) is 5.73 Å². The highest BCUT2D eigenvalue weighted by Crippen LogP contribution is 1.71. The molecule has 0 atom stereocenters. The first-order valence-corrected chi connectivity index (χ1v) is 1.52. The van der Waals surface area contributed by atoms with Gasteiger partial charge in [0.25, 0.3) is 0 Å². The highest BCUT2D eigenvalue weighted by atomic mass is 16.4. The first-order valence-electron chi connectivity index (χ1n) is 1.52. The van der Waals surface area contributed by atoms with Gasteiger partial charge in [0.1, 0.15) is 0 Å². The van der Waals surface area contributed by atoms with Crippen LogP contribution in [-0.4, -0.2) is 16.2 Å². The first kappa shape index (κ1) is 5.81. The van der Waals surface area contributed by atoms with E-state index < -0.39 is 11.9 Å². The molecule has 0 aliphatic carbocycles. The van der Waals surface area contributed by atoms with Gasteiger partial charge in [-0.3, -0.25) is 0 Å². The summed E-state index contributed by atoms with van der Waals surface area (Å²) in [5, 5.41) is 15.7. The standard InChI is InChI=1S/C3H5NO3/c4-2(5)1-3(6)7/h1,5H,4H2,(H,6,7). The quantitative estimate of drug-likeness (QED) is 0.306. The molecule has 0 aromatic rings. The fourth-order valence-electron chi connectivity index (χ4n) is 0.127. The monoisotopic (exact) mass is 103 g/mol. The maximum atomic E-state index is 9.49. The largest absolute Gasteiger partial charge is 0.495 e. The minimum atomic E-state index is -1.25. The maximum absolute atomic E-state index is 9.49. The van der Waals surface area contributed by atoms with E-state index in [1.165, 1.54) is 0 Å². The van der Waals surface area contributed by atoms with Crippen LogP contribution in [0.2, 0.25) is 0 Å². The lowest BCUT2D eigenvalue weighted by Gasteiger charge is -1.80. The van der Waals surface area contributed by atoms with Crippen LogP contribution in [0.3, 0.4) is 0 Å². The Kier molecular flexibility index (Phi) is 1.72. The van der Waals surface area contributed by atoms with Gasteiger partial charge in [-0.1, -0.05) is 0 Å². The SMILES string of the molecule is NC(O)=CC(=O)O. The lowest BCUT2D eigenvalue weighted by molar-refractivity contribution is -0.131. The van der Waals surface area contributed by atoms with E-state index >= 15 is 0 Å². The number of rotatable bonds is 1. The minimum absolute atomic E-state index is 0.500. The predicted octanol–water partition coefficient (Wildman–Crippen LogP) is -0.571. The number of aliphatic hydroxyl groups is 1. The van der Waals surface area contributed by atoms with Crippen LogP contribution in [0.25, 0.3) is 0 Å². The number of hydrogen-bond acceptors (Lipinski definition) is 3. The molecule has 0 fully saturated rings. The second kappa shape index (κ2) is 2.07. The third-order valence-electron chi connectivity index (χ3n) is 0.271. The zero-order chi connectivity index (χ0) is 5.86. The molecule has 0 saturated carbocycles. The molecule has 0 amide bonds. The summed E-state index contributed by atoms with van der Waals surface area (Å²) < 4.78 is 0. The van der Waals surface area contributed by atoms with Crippen LogP contribution >= 0.6 is 0 Å². The average Bonchev–Trinajstić information content (AvgIpc) is 1.27. The van der Waals surface area contributed by atoms with Gasteiger partial charge in [-0.05, 0) is 0 Å². The number of carbonyl (C=O) groups is 1. The van der Waals surface area contributed by atoms with Gasteiger partial charge in [-0.2, -0.15) is 0 Å². The summed E-state index contributed by atoms with van der Waals surface area (Å²) in [7, 11) is 0. The van der Waals surface area contributed by atoms with Gasteiger partial charge in [-0.25, -0.2) is 4.79 Å². The van der Waals surface area contributed by atoms with Crippen LogP contribution in [0.1, 0.15) is 0 Å². The van der Waals surface area contributed by atoms with Crippen LogP contribution in [0, 0.1) is 0 Å². The second-order valence-corrected chi connectivity index (χ2v) is 0.907. The molecule has 4 N–H and O–H groups in total. The van der Waals surface area contributed by atoms with Crippen LogP contribution in [0.5, 0.6) is 0 Å². The Bertz CT molecular complexity index is 103. The van der Waals surface area contributed by atoms with Gasteiger partial charge in [0.05, 0.1) is 6.08 Å². The zero-order valence-electron chi connectivity index (χ0n) is 3.46. The third kappa shape index (κ3) is 4.81. The van der Waals surface area contributed by atoms with E-state index in [1.54, 1.807) is 0 Å². The summed E-state index contributed by atoms with van der Waals surface area (Å²) in [6.07, 6.45) is 0.500. The molecule has 4 nitrogen and oxygen atoms in total. The topological polar surface area (TPSA) is 83.5 Å². The Labute approximate surface area is 39.9 Å². The molecule has 7 heavy (non-hydrogen) atoms. The molecular weight excluding hydrogens is 98.0 g/mol. The Morgan fingerprint density at radius 1 is 1.57 bits per heavy atom. The van der Waals surface area contributed by atoms with E-state index in [9.17, 15) is 4.79 Å². The molecule has 0 unspecified atom stereocenters. The van der Waals surface area contributed by atoms with E-state index in [0.29, 0.717) is 6.08 Å². The number of carboxylic acids is 1. The summed E-state index contributed by atoms with van der Waals surface area (Å²) in [5.74, 6) is -1.94. The van der Waals surface area contributed by atoms with E-state index in [4.69, 9.17) is 10.2 Å². The molecule has 0 aliphatic rings. The number of nitrogens with two attached hydrogens (primary N) is 1. The van der Waals surface area contributed by atoms with Crippen LogP contribution in [-0.2, 0) is 4.79 Å². The van der Waals surface area contributed by atoms with Crippen molar-refractivity contribution in [2.24, 2.45) is 5.73 Å². The molecular formula is C3H5NO3. The fourth-order valence-corrected chi connectivity index (χ4v) is 0.127. The van der Waals surface area contributed by atoms with E-state index in [0.717, 1.165) is 0 Å². The highest BCUT2D eigenvalue weighted by molar-refractivity contribution is 5.79. The third-order valence-corrected chi connectivity index (χ3v) is 0.271. The molecule has 0 saturated heterocycles. The molecule has 0 heterocycles. The zero-order valence-corrected chi connectivity index (χ0v) is 3.46. The molecule has 0 rings (SSSR count). The molecule has 0 aromatic carbocycles. The summed E-state index contributed by atoms with van der Waals surface area (Å²) in [4.78, 5) is 9.49. The second-order valence-electron chi connectivity index (χ2n) is 0.907. The Hall–Kier alpha value is -1.19. The van der Waals surface area contributed by atoms with Crippen molar-refractivity contribution in [1.82, 2.24) is 0 Å². The van der Waals surface area contributed by atoms with Crippen LogP contribution in [0.15, 0.2) is 12.0 Å². The van der Waals surface area contributed by atoms with Crippen molar-refractivity contribution in [3.05, 3.63) is 12.0 Å². The Balaban J connectivity index is 3.68. The summed E-state index contributed by atoms with van der Waals surface area (Å²) in [5.41, 5.74) is 4.53. The Morgan fingerprint density at radius 3 is 2.00 bits per heavy atom. The van der Waals surface area contributed by atoms with Gasteiger partial charge >= 0.3 is 5.97 Å². The van der Waals surface area contributed by atoms with Crippen molar-refractivity contribution in [2.75, 3.05) is 0 Å². The molecule has 4 heteroatoms. The van der Waals surface area contributed by atoms with Gasteiger partial charge in [0, 0.05) is 0 Å². The van der Waals surface area contributed by atoms with Gasteiger partial charge in [-0.15, -0.1) is 0 Å². The number of carboxylic acid groups (broad SMARTS) is 1. The fraction of sp³-hybridized carbons (Fsp3) is 0. The molecule has 0 radical (unpaired) electrons. The van der Waals surface area contributed by atoms with Crippen molar-refractivity contribution in [3.63, 3.8) is 0 Å². The normalized spacial score (nSPS) is 11.1. The first-order chi connectivity index (χ1) is 3.13. The van der Waals surface area contributed by atoms with Gasteiger partial charge in [0.15, 0.2) is 5.88 Å². The smallest absolute Gasteiger partial charge is 0.333 e. The average molecular weight is 103 g/mol. The molecule has 0 bridgehead atoms. The number of aliphatic carboxylic acids is 1. The van der Waals surface area contributed by atoms with Gasteiger partial charge < -0.3 is 15.9 Å². The van der Waals surface area contributed by atoms with Crippen LogP contribution < -0.4 is 5.73 Å². The maximum Gasteiger partial charge on any atom is 0.333 e. The summed E-state index contributed by atoms with van der Waals surface area (Å²) in [6.45, 7) is 0. The van der Waals surface area contributed by atoms with Crippen molar-refractivity contribution >= 4 is 5.97 Å². The lowest BCUT2D eigenvalue weighted by Crippen LogP contribution is -1.99. The lowest BCUT2D eigenvalue weighted by atomic mass is 10.6. The molecule has 40 valence electrons. The van der Waals surface area contributed by atoms with E-state index in [1.807, 2.05) is 0 Å². The van der Waals surface area contributed by atoms with Crippen molar-refractivity contribution < 1.29 is 15.0 Å². The number of aliphatic hydroxyl groups excluding tert-OH is 1. The van der Waals surface area contributed by atoms with Crippen molar-refractivity contribution in [2.45, 2.75) is 0 Å². The van der Waals surface area contributed by atoms with Gasteiger partial charge in [0.2, 0.25) is 0 Å². The van der Waals surface area contributed by atoms with E-state index in [-0.39, 0.29) is 0 Å². The van der Waals surface area contributed by atoms with Crippen LogP contribution in [0.4, 0.5) is 0 Å². The summed E-state index contributed by atoms with van der Waals surface area (Å²) >= 11 is 0. The minimum Gasteiger partial charge on any atom is -0.495 e. The highest BCUT2D eigenvalue weighted by Gasteiger charge is 1.87.